The number of amides is 1. The summed E-state index contributed by atoms with van der Waals surface area (Å²) >= 11 is 1.38. The van der Waals surface area contributed by atoms with Crippen LogP contribution in [0.15, 0.2) is 72.4 Å². The highest BCUT2D eigenvalue weighted by molar-refractivity contribution is 8.00. The van der Waals surface area contributed by atoms with E-state index in [9.17, 15) is 4.79 Å². The number of thioether (sulfide) groups is 1. The zero-order valence-electron chi connectivity index (χ0n) is 18.2. The molecule has 166 valence electrons. The first-order chi connectivity index (χ1) is 15.6. The molecule has 7 nitrogen and oxygen atoms in total. The van der Waals surface area contributed by atoms with Crippen LogP contribution in [0.3, 0.4) is 0 Å². The highest BCUT2D eigenvalue weighted by atomic mass is 32.2. The van der Waals surface area contributed by atoms with Gasteiger partial charge in [-0.15, -0.1) is 16.8 Å². The number of hydrogen-bond donors (Lipinski definition) is 0. The van der Waals surface area contributed by atoms with E-state index in [1.54, 1.807) is 11.0 Å². The standard InChI is InChI=1S/C24H26N4O3S/c1-4-14-28-22(21-16-30-19-12-8-9-13-20(19)31-21)25-26-24(28)32-17(2)23(29)27(3)15-18-10-6-5-7-11-18/h4-13,17,21H,1,14-16H2,2-3H3. The lowest BCUT2D eigenvalue weighted by molar-refractivity contribution is -0.129. The van der Waals surface area contributed by atoms with Crippen molar-refractivity contribution in [1.82, 2.24) is 19.7 Å². The van der Waals surface area contributed by atoms with Crippen LogP contribution in [0.4, 0.5) is 0 Å². The first kappa shape index (κ1) is 22.0. The Labute approximate surface area is 192 Å². The molecule has 2 heterocycles. The number of allylic oxidation sites excluding steroid dienone is 1. The van der Waals surface area contributed by atoms with Crippen molar-refractivity contribution in [2.75, 3.05) is 13.7 Å². The van der Waals surface area contributed by atoms with E-state index in [2.05, 4.69) is 16.8 Å². The maximum Gasteiger partial charge on any atom is 0.235 e. The van der Waals surface area contributed by atoms with Crippen LogP contribution in [0.2, 0.25) is 0 Å². The largest absolute Gasteiger partial charge is 0.485 e. The number of aromatic nitrogens is 3. The van der Waals surface area contributed by atoms with Crippen molar-refractivity contribution in [3.63, 3.8) is 0 Å². The van der Waals surface area contributed by atoms with Crippen LogP contribution >= 0.6 is 11.8 Å². The van der Waals surface area contributed by atoms with E-state index in [1.165, 1.54) is 11.8 Å². The van der Waals surface area contributed by atoms with E-state index in [1.807, 2.05) is 73.1 Å². The molecule has 1 aromatic heterocycles. The van der Waals surface area contributed by atoms with Gasteiger partial charge in [0.15, 0.2) is 28.6 Å². The van der Waals surface area contributed by atoms with Gasteiger partial charge in [0.1, 0.15) is 6.61 Å². The van der Waals surface area contributed by atoms with Crippen molar-refractivity contribution in [3.8, 4) is 11.5 Å². The summed E-state index contributed by atoms with van der Waals surface area (Å²) in [4.78, 5) is 14.7. The maximum atomic E-state index is 12.9. The number of carbonyl (C=O) groups excluding carboxylic acids is 1. The van der Waals surface area contributed by atoms with Crippen molar-refractivity contribution in [3.05, 3.63) is 78.6 Å². The molecule has 1 aliphatic heterocycles. The maximum absolute atomic E-state index is 12.9. The minimum atomic E-state index is -0.390. The molecule has 0 N–H and O–H groups in total. The summed E-state index contributed by atoms with van der Waals surface area (Å²) in [5.41, 5.74) is 1.09. The fraction of sp³-hybridized carbons (Fsp3) is 0.292. The molecule has 0 fully saturated rings. The lowest BCUT2D eigenvalue weighted by Crippen LogP contribution is -2.33. The minimum absolute atomic E-state index is 0.0275. The number of hydrogen-bond acceptors (Lipinski definition) is 6. The van der Waals surface area contributed by atoms with E-state index in [0.717, 1.165) is 5.56 Å². The molecule has 0 spiro atoms. The molecular weight excluding hydrogens is 424 g/mol. The smallest absolute Gasteiger partial charge is 0.235 e. The third-order valence-electron chi connectivity index (χ3n) is 5.12. The Balaban J connectivity index is 1.47. The van der Waals surface area contributed by atoms with Crippen LogP contribution < -0.4 is 9.47 Å². The minimum Gasteiger partial charge on any atom is -0.485 e. The number of fused-ring (bicyclic) bond motifs is 1. The van der Waals surface area contributed by atoms with Gasteiger partial charge < -0.3 is 14.4 Å². The molecule has 2 unspecified atom stereocenters. The summed E-state index contributed by atoms with van der Waals surface area (Å²) in [6.45, 7) is 7.14. The van der Waals surface area contributed by atoms with Crippen molar-refractivity contribution >= 4 is 17.7 Å². The van der Waals surface area contributed by atoms with Gasteiger partial charge in [-0.1, -0.05) is 60.3 Å². The van der Waals surface area contributed by atoms with Crippen molar-refractivity contribution in [2.45, 2.75) is 36.5 Å². The van der Waals surface area contributed by atoms with Gasteiger partial charge in [-0.3, -0.25) is 9.36 Å². The topological polar surface area (TPSA) is 69.5 Å². The number of rotatable bonds is 8. The van der Waals surface area contributed by atoms with Gasteiger partial charge in [-0.05, 0) is 24.6 Å². The first-order valence-corrected chi connectivity index (χ1v) is 11.3. The van der Waals surface area contributed by atoms with Crippen molar-refractivity contribution in [2.24, 2.45) is 0 Å². The summed E-state index contributed by atoms with van der Waals surface area (Å²) in [6.07, 6.45) is 1.39. The summed E-state index contributed by atoms with van der Waals surface area (Å²) in [5, 5.41) is 9.05. The van der Waals surface area contributed by atoms with Crippen LogP contribution in [-0.4, -0.2) is 44.5 Å². The van der Waals surface area contributed by atoms with Gasteiger partial charge in [-0.2, -0.15) is 0 Å². The Morgan fingerprint density at radius 3 is 2.69 bits per heavy atom. The molecule has 0 aliphatic carbocycles. The van der Waals surface area contributed by atoms with E-state index in [-0.39, 0.29) is 11.2 Å². The number of nitrogens with zero attached hydrogens (tertiary/aromatic N) is 4. The van der Waals surface area contributed by atoms with Crippen LogP contribution in [-0.2, 0) is 17.9 Å². The number of ether oxygens (including phenoxy) is 2. The monoisotopic (exact) mass is 450 g/mol. The Hall–Kier alpha value is -3.26. The molecule has 32 heavy (non-hydrogen) atoms. The van der Waals surface area contributed by atoms with Crippen LogP contribution in [0.5, 0.6) is 11.5 Å². The van der Waals surface area contributed by atoms with Crippen molar-refractivity contribution in [1.29, 1.82) is 0 Å². The number of para-hydroxylation sites is 2. The average molecular weight is 451 g/mol. The molecule has 3 aromatic rings. The quantitative estimate of drug-likeness (QED) is 0.380. The van der Waals surface area contributed by atoms with E-state index in [4.69, 9.17) is 9.47 Å². The van der Waals surface area contributed by atoms with E-state index < -0.39 is 6.10 Å². The summed E-state index contributed by atoms with van der Waals surface area (Å²) in [6, 6.07) is 17.5. The summed E-state index contributed by atoms with van der Waals surface area (Å²) in [5.74, 6) is 2.07. The zero-order valence-corrected chi connectivity index (χ0v) is 19.0. The molecule has 1 aliphatic rings. The zero-order chi connectivity index (χ0) is 22.5. The van der Waals surface area contributed by atoms with Gasteiger partial charge in [0, 0.05) is 20.1 Å². The summed E-state index contributed by atoms with van der Waals surface area (Å²) < 4.78 is 13.9. The predicted octanol–water partition coefficient (Wildman–Crippen LogP) is 4.12. The normalized spacial score (nSPS) is 15.8. The van der Waals surface area contributed by atoms with Gasteiger partial charge >= 0.3 is 0 Å². The van der Waals surface area contributed by atoms with Crippen molar-refractivity contribution < 1.29 is 14.3 Å². The Kier molecular flexibility index (Phi) is 6.80. The Bertz CT molecular complexity index is 1090. The second-order valence-electron chi connectivity index (χ2n) is 7.54. The first-order valence-electron chi connectivity index (χ1n) is 10.4. The Morgan fingerprint density at radius 2 is 1.94 bits per heavy atom. The third-order valence-corrected chi connectivity index (χ3v) is 6.19. The van der Waals surface area contributed by atoms with Gasteiger partial charge in [0.05, 0.1) is 5.25 Å². The lowest BCUT2D eigenvalue weighted by Gasteiger charge is -2.26. The number of benzene rings is 2. The third kappa shape index (κ3) is 4.80. The average Bonchev–Trinajstić information content (AvgIpc) is 3.21. The molecule has 8 heteroatoms. The second kappa shape index (κ2) is 9.91. The molecule has 2 atom stereocenters. The lowest BCUT2D eigenvalue weighted by atomic mass is 10.2. The Morgan fingerprint density at radius 1 is 1.22 bits per heavy atom. The second-order valence-corrected chi connectivity index (χ2v) is 8.85. The molecule has 2 aromatic carbocycles. The molecule has 0 saturated heterocycles. The molecule has 0 radical (unpaired) electrons. The molecule has 0 saturated carbocycles. The van der Waals surface area contributed by atoms with E-state index >= 15 is 0 Å². The predicted molar refractivity (Wildman–Crippen MR) is 124 cm³/mol. The van der Waals surface area contributed by atoms with Gasteiger partial charge in [-0.25, -0.2) is 0 Å². The summed E-state index contributed by atoms with van der Waals surface area (Å²) in [7, 11) is 1.82. The molecule has 0 bridgehead atoms. The van der Waals surface area contributed by atoms with Crippen LogP contribution in [0.25, 0.3) is 0 Å². The molecular formula is C24H26N4O3S. The van der Waals surface area contributed by atoms with Gasteiger partial charge in [0.2, 0.25) is 5.91 Å². The number of carbonyl (C=O) groups is 1. The fourth-order valence-corrected chi connectivity index (χ4v) is 4.51. The highest BCUT2D eigenvalue weighted by Crippen LogP contribution is 2.36. The molecule has 4 rings (SSSR count). The highest BCUT2D eigenvalue weighted by Gasteiger charge is 2.29. The fourth-order valence-electron chi connectivity index (χ4n) is 3.53. The van der Waals surface area contributed by atoms with E-state index in [0.29, 0.717) is 42.2 Å². The van der Waals surface area contributed by atoms with Crippen LogP contribution in [0.1, 0.15) is 24.4 Å². The SMILES string of the molecule is C=CCn1c(SC(C)C(=O)N(C)Cc2ccccc2)nnc1C1COc2ccccc2O1. The molecule has 1 amide bonds. The van der Waals surface area contributed by atoms with Gasteiger partial charge in [0.25, 0.3) is 0 Å². The van der Waals surface area contributed by atoms with Crippen LogP contribution in [0, 0.1) is 0 Å².